The van der Waals surface area contributed by atoms with Crippen molar-refractivity contribution in [1.82, 2.24) is 4.31 Å². The maximum absolute atomic E-state index is 12.8. The largest absolute Gasteiger partial charge is 0.243 e. The molecule has 0 aliphatic rings. The number of nitriles is 1. The van der Waals surface area contributed by atoms with Gasteiger partial charge in [0.15, 0.2) is 0 Å². The van der Waals surface area contributed by atoms with Crippen molar-refractivity contribution in [3.8, 4) is 6.07 Å². The fourth-order valence-electron chi connectivity index (χ4n) is 2.08. The Kier molecular flexibility index (Phi) is 5.66. The molecule has 0 bridgehead atoms. The van der Waals surface area contributed by atoms with Gasteiger partial charge in [-0.25, -0.2) is 8.42 Å². The van der Waals surface area contributed by atoms with Gasteiger partial charge in [0.1, 0.15) is 6.07 Å². The second-order valence-corrected chi connectivity index (χ2v) is 7.53. The maximum atomic E-state index is 12.8. The molecule has 7 heteroatoms. The highest BCUT2D eigenvalue weighted by Gasteiger charge is 2.24. The molecule has 2 rings (SSSR count). The van der Waals surface area contributed by atoms with Gasteiger partial charge in [-0.2, -0.15) is 9.57 Å². The Labute approximate surface area is 145 Å². The van der Waals surface area contributed by atoms with Crippen molar-refractivity contribution < 1.29 is 8.42 Å². The van der Waals surface area contributed by atoms with E-state index in [1.807, 2.05) is 6.07 Å². The lowest BCUT2D eigenvalue weighted by Gasteiger charge is -2.21. The highest BCUT2D eigenvalue weighted by molar-refractivity contribution is 7.89. The monoisotopic (exact) mass is 368 g/mol. The first kappa shape index (κ1) is 17.8. The summed E-state index contributed by atoms with van der Waals surface area (Å²) in [7, 11) is -3.75. The van der Waals surface area contributed by atoms with Crippen molar-refractivity contribution >= 4 is 33.2 Å². The van der Waals surface area contributed by atoms with E-state index >= 15 is 0 Å². The Morgan fingerprint density at radius 1 is 1.13 bits per heavy atom. The van der Waals surface area contributed by atoms with E-state index in [1.54, 1.807) is 31.2 Å². The molecule has 2 aromatic carbocycles. The smallest absolute Gasteiger partial charge is 0.207 e. The first-order valence-electron chi connectivity index (χ1n) is 6.83. The van der Waals surface area contributed by atoms with Gasteiger partial charge in [0.25, 0.3) is 0 Å². The normalized spacial score (nSPS) is 11.4. The zero-order chi connectivity index (χ0) is 17.0. The quantitative estimate of drug-likeness (QED) is 0.798. The van der Waals surface area contributed by atoms with Crippen LogP contribution >= 0.6 is 23.2 Å². The van der Waals surface area contributed by atoms with E-state index < -0.39 is 10.0 Å². The third kappa shape index (κ3) is 3.85. The summed E-state index contributed by atoms with van der Waals surface area (Å²) in [5, 5.41) is 9.75. The zero-order valence-corrected chi connectivity index (χ0v) is 14.7. The number of nitrogens with zero attached hydrogens (tertiary/aromatic N) is 2. The summed E-state index contributed by atoms with van der Waals surface area (Å²) in [5.41, 5.74) is 0.843. The molecule has 120 valence electrons. The first-order valence-corrected chi connectivity index (χ1v) is 9.03. The van der Waals surface area contributed by atoms with Gasteiger partial charge in [0.2, 0.25) is 10.0 Å². The van der Waals surface area contributed by atoms with Gasteiger partial charge in [0, 0.05) is 18.1 Å². The van der Waals surface area contributed by atoms with Crippen molar-refractivity contribution in [2.75, 3.05) is 6.54 Å². The number of hydrogen-bond acceptors (Lipinski definition) is 3. The molecule has 0 atom stereocenters. The highest BCUT2D eigenvalue weighted by atomic mass is 35.5. The molecular weight excluding hydrogens is 355 g/mol. The summed E-state index contributed by atoms with van der Waals surface area (Å²) < 4.78 is 26.9. The van der Waals surface area contributed by atoms with E-state index in [-0.39, 0.29) is 28.6 Å². The van der Waals surface area contributed by atoms with Gasteiger partial charge in [0.05, 0.1) is 15.5 Å². The number of hydrogen-bond donors (Lipinski definition) is 0. The zero-order valence-electron chi connectivity index (χ0n) is 12.3. The summed E-state index contributed by atoms with van der Waals surface area (Å²) in [4.78, 5) is 0.0346. The lowest BCUT2D eigenvalue weighted by Crippen LogP contribution is -2.30. The lowest BCUT2D eigenvalue weighted by atomic mass is 10.2. The van der Waals surface area contributed by atoms with Gasteiger partial charge in [-0.15, -0.1) is 0 Å². The minimum atomic E-state index is -3.75. The SMILES string of the molecule is CCN(Cc1ccccc1Cl)S(=O)(=O)c1ccc(Cl)c(C#N)c1. The Morgan fingerprint density at radius 2 is 1.83 bits per heavy atom. The third-order valence-electron chi connectivity index (χ3n) is 3.35. The van der Waals surface area contributed by atoms with Gasteiger partial charge in [-0.05, 0) is 29.8 Å². The fourth-order valence-corrected chi connectivity index (χ4v) is 3.89. The molecule has 0 radical (unpaired) electrons. The van der Waals surface area contributed by atoms with Crippen molar-refractivity contribution in [1.29, 1.82) is 5.26 Å². The van der Waals surface area contributed by atoms with E-state index in [1.165, 1.54) is 22.5 Å². The lowest BCUT2D eigenvalue weighted by molar-refractivity contribution is 0.423. The van der Waals surface area contributed by atoms with Crippen LogP contribution in [0.3, 0.4) is 0 Å². The molecular formula is C16H14Cl2N2O2S. The molecule has 0 heterocycles. The molecule has 23 heavy (non-hydrogen) atoms. The Balaban J connectivity index is 2.40. The van der Waals surface area contributed by atoms with Crippen LogP contribution in [0.4, 0.5) is 0 Å². The number of sulfonamides is 1. The molecule has 0 fully saturated rings. The average Bonchev–Trinajstić information content (AvgIpc) is 2.54. The van der Waals surface area contributed by atoms with Crippen LogP contribution in [0.15, 0.2) is 47.4 Å². The van der Waals surface area contributed by atoms with E-state index in [2.05, 4.69) is 0 Å². The third-order valence-corrected chi connectivity index (χ3v) is 5.97. The summed E-state index contributed by atoms with van der Waals surface area (Å²) >= 11 is 12.0. The van der Waals surface area contributed by atoms with Crippen LogP contribution in [0.1, 0.15) is 18.1 Å². The predicted octanol–water partition coefficient (Wildman–Crippen LogP) is 4.08. The van der Waals surface area contributed by atoms with Crippen molar-refractivity contribution in [3.63, 3.8) is 0 Å². The maximum Gasteiger partial charge on any atom is 0.243 e. The second-order valence-electron chi connectivity index (χ2n) is 4.78. The molecule has 4 nitrogen and oxygen atoms in total. The molecule has 0 N–H and O–H groups in total. The predicted molar refractivity (Wildman–Crippen MR) is 90.9 cm³/mol. The van der Waals surface area contributed by atoms with Crippen LogP contribution in [-0.4, -0.2) is 19.3 Å². The number of rotatable bonds is 5. The van der Waals surface area contributed by atoms with Crippen molar-refractivity contribution in [3.05, 3.63) is 63.6 Å². The molecule has 0 saturated carbocycles. The van der Waals surface area contributed by atoms with Gasteiger partial charge < -0.3 is 0 Å². The standard InChI is InChI=1S/C16H14Cl2N2O2S/c1-2-20(11-12-5-3-4-6-15(12)17)23(21,22)14-7-8-16(18)13(9-14)10-19/h3-9H,2,11H2,1H3. The minimum absolute atomic E-state index is 0.0346. The molecule has 0 aromatic heterocycles. The first-order chi connectivity index (χ1) is 10.9. The minimum Gasteiger partial charge on any atom is -0.207 e. The Hall–Kier alpha value is -1.58. The van der Waals surface area contributed by atoms with Crippen molar-refractivity contribution in [2.45, 2.75) is 18.4 Å². The Morgan fingerprint density at radius 3 is 2.43 bits per heavy atom. The molecule has 2 aromatic rings. The van der Waals surface area contributed by atoms with E-state index in [9.17, 15) is 8.42 Å². The van der Waals surface area contributed by atoms with Crippen LogP contribution in [-0.2, 0) is 16.6 Å². The molecule has 0 aliphatic heterocycles. The summed E-state index contributed by atoms with van der Waals surface area (Å²) in [6, 6.07) is 13.1. The van der Waals surface area contributed by atoms with E-state index in [0.717, 1.165) is 0 Å². The van der Waals surface area contributed by atoms with Crippen LogP contribution in [0.5, 0.6) is 0 Å². The molecule has 0 spiro atoms. The number of halogens is 2. The Bertz CT molecular complexity index is 861. The van der Waals surface area contributed by atoms with E-state index in [0.29, 0.717) is 10.6 Å². The molecule has 0 saturated heterocycles. The van der Waals surface area contributed by atoms with Crippen LogP contribution < -0.4 is 0 Å². The molecule has 0 amide bonds. The highest BCUT2D eigenvalue weighted by Crippen LogP contribution is 2.25. The average molecular weight is 369 g/mol. The fraction of sp³-hybridized carbons (Fsp3) is 0.188. The summed E-state index contributed by atoms with van der Waals surface area (Å²) in [5.74, 6) is 0. The van der Waals surface area contributed by atoms with Gasteiger partial charge >= 0.3 is 0 Å². The van der Waals surface area contributed by atoms with Gasteiger partial charge in [-0.1, -0.05) is 48.3 Å². The van der Waals surface area contributed by atoms with Gasteiger partial charge in [-0.3, -0.25) is 0 Å². The second kappa shape index (κ2) is 7.33. The summed E-state index contributed by atoms with van der Waals surface area (Å²) in [6.45, 7) is 2.18. The summed E-state index contributed by atoms with van der Waals surface area (Å²) in [6.07, 6.45) is 0. The van der Waals surface area contributed by atoms with E-state index in [4.69, 9.17) is 28.5 Å². The van der Waals surface area contributed by atoms with Crippen LogP contribution in [0.25, 0.3) is 0 Å². The van der Waals surface area contributed by atoms with Crippen LogP contribution in [0, 0.1) is 11.3 Å². The van der Waals surface area contributed by atoms with Crippen molar-refractivity contribution in [2.24, 2.45) is 0 Å². The molecule has 0 unspecified atom stereocenters. The molecule has 0 aliphatic carbocycles. The van der Waals surface area contributed by atoms with Crippen LogP contribution in [0.2, 0.25) is 10.0 Å². The topological polar surface area (TPSA) is 61.2 Å². The number of benzene rings is 2.